The number of amides is 1. The number of rotatable bonds is 7. The molecule has 2 atom stereocenters. The van der Waals surface area contributed by atoms with Gasteiger partial charge in [0.2, 0.25) is 5.91 Å². The van der Waals surface area contributed by atoms with Crippen molar-refractivity contribution in [2.24, 2.45) is 0 Å². The summed E-state index contributed by atoms with van der Waals surface area (Å²) >= 11 is 0. The van der Waals surface area contributed by atoms with Crippen LogP contribution in [0.5, 0.6) is 0 Å². The molecule has 1 aromatic heterocycles. The molecule has 0 aliphatic heterocycles. The lowest BCUT2D eigenvalue weighted by molar-refractivity contribution is -0.120. The molecular formula is C20H28N4O. The molecule has 1 aliphatic rings. The number of benzene rings is 1. The van der Waals surface area contributed by atoms with Crippen molar-refractivity contribution in [3.63, 3.8) is 0 Å². The van der Waals surface area contributed by atoms with Crippen LogP contribution >= 0.6 is 0 Å². The fourth-order valence-electron chi connectivity index (χ4n) is 3.54. The van der Waals surface area contributed by atoms with Gasteiger partial charge in [-0.25, -0.2) is 0 Å². The maximum atomic E-state index is 12.2. The molecule has 1 heterocycles. The van der Waals surface area contributed by atoms with Gasteiger partial charge in [-0.05, 0) is 49.8 Å². The molecule has 25 heavy (non-hydrogen) atoms. The molecule has 0 bridgehead atoms. The molecular weight excluding hydrogens is 312 g/mol. The summed E-state index contributed by atoms with van der Waals surface area (Å²) in [5.74, 6) is 0.505. The van der Waals surface area contributed by atoms with E-state index in [4.69, 9.17) is 0 Å². The standard InChI is InChI=1S/C20H28N4O/c1-15-10-23-24(13-15)14-16(2)21-12-20(25)22-11-18-8-5-7-17-6-3-4-9-19(17)18/h3-4,6,9-10,13,16,18,21H,5,7-8,11-12,14H2,1-2H3,(H,22,25)/t16-,18-/m1/s1. The van der Waals surface area contributed by atoms with Crippen LogP contribution in [-0.4, -0.2) is 34.8 Å². The van der Waals surface area contributed by atoms with Crippen molar-refractivity contribution in [2.45, 2.75) is 51.6 Å². The van der Waals surface area contributed by atoms with Gasteiger partial charge in [0, 0.05) is 24.7 Å². The van der Waals surface area contributed by atoms with Gasteiger partial charge in [-0.15, -0.1) is 0 Å². The molecule has 1 aromatic carbocycles. The summed E-state index contributed by atoms with van der Waals surface area (Å²) in [5.41, 5.74) is 4.00. The zero-order chi connectivity index (χ0) is 17.6. The van der Waals surface area contributed by atoms with Crippen molar-refractivity contribution in [1.82, 2.24) is 20.4 Å². The zero-order valence-corrected chi connectivity index (χ0v) is 15.2. The van der Waals surface area contributed by atoms with Gasteiger partial charge in [0.1, 0.15) is 0 Å². The first kappa shape index (κ1) is 17.7. The Labute approximate surface area is 149 Å². The average molecular weight is 340 g/mol. The minimum Gasteiger partial charge on any atom is -0.354 e. The number of hydrogen-bond acceptors (Lipinski definition) is 3. The Bertz CT molecular complexity index is 709. The van der Waals surface area contributed by atoms with Crippen molar-refractivity contribution < 1.29 is 4.79 Å². The number of aromatic nitrogens is 2. The predicted octanol–water partition coefficient (Wildman–Crippen LogP) is 2.41. The molecule has 2 aromatic rings. The highest BCUT2D eigenvalue weighted by Crippen LogP contribution is 2.30. The second-order valence-electron chi connectivity index (χ2n) is 7.11. The van der Waals surface area contributed by atoms with Crippen LogP contribution in [0.2, 0.25) is 0 Å². The third kappa shape index (κ3) is 4.92. The minimum absolute atomic E-state index is 0.0616. The van der Waals surface area contributed by atoms with E-state index in [2.05, 4.69) is 46.9 Å². The van der Waals surface area contributed by atoms with Crippen LogP contribution in [0.4, 0.5) is 0 Å². The third-order valence-electron chi connectivity index (χ3n) is 4.87. The normalized spacial score (nSPS) is 17.8. The van der Waals surface area contributed by atoms with E-state index >= 15 is 0 Å². The van der Waals surface area contributed by atoms with Crippen LogP contribution < -0.4 is 10.6 Å². The minimum atomic E-state index is 0.0616. The largest absolute Gasteiger partial charge is 0.354 e. The number of nitrogens with zero attached hydrogens (tertiary/aromatic N) is 2. The average Bonchev–Trinajstić information content (AvgIpc) is 3.02. The topological polar surface area (TPSA) is 59.0 Å². The van der Waals surface area contributed by atoms with E-state index < -0.39 is 0 Å². The Morgan fingerprint density at radius 2 is 2.24 bits per heavy atom. The van der Waals surface area contributed by atoms with Crippen LogP contribution in [0.15, 0.2) is 36.7 Å². The maximum Gasteiger partial charge on any atom is 0.233 e. The fraction of sp³-hybridized carbons (Fsp3) is 0.500. The Balaban J connectivity index is 1.41. The van der Waals surface area contributed by atoms with Gasteiger partial charge >= 0.3 is 0 Å². The van der Waals surface area contributed by atoms with E-state index in [-0.39, 0.29) is 11.9 Å². The Hall–Kier alpha value is -2.14. The molecule has 134 valence electrons. The Morgan fingerprint density at radius 3 is 3.04 bits per heavy atom. The van der Waals surface area contributed by atoms with E-state index in [9.17, 15) is 4.79 Å². The highest BCUT2D eigenvalue weighted by Gasteiger charge is 2.20. The molecule has 2 N–H and O–H groups in total. The summed E-state index contributed by atoms with van der Waals surface area (Å²) < 4.78 is 1.91. The van der Waals surface area contributed by atoms with Gasteiger partial charge in [0.25, 0.3) is 0 Å². The van der Waals surface area contributed by atoms with E-state index in [0.717, 1.165) is 31.5 Å². The number of hydrogen-bond donors (Lipinski definition) is 2. The van der Waals surface area contributed by atoms with Crippen molar-refractivity contribution in [1.29, 1.82) is 0 Å². The predicted molar refractivity (Wildman–Crippen MR) is 99.6 cm³/mol. The number of carbonyl (C=O) groups excluding carboxylic acids is 1. The Kier molecular flexibility index (Phi) is 5.87. The molecule has 0 saturated carbocycles. The lowest BCUT2D eigenvalue weighted by Gasteiger charge is -2.25. The van der Waals surface area contributed by atoms with Crippen LogP contribution in [-0.2, 0) is 17.8 Å². The second kappa shape index (κ2) is 8.30. The first-order chi connectivity index (χ1) is 12.1. The van der Waals surface area contributed by atoms with Gasteiger partial charge in [0.05, 0.1) is 19.3 Å². The number of fused-ring (bicyclic) bond motifs is 1. The van der Waals surface area contributed by atoms with Crippen LogP contribution in [0.1, 0.15) is 42.4 Å². The molecule has 0 fully saturated rings. The molecule has 0 spiro atoms. The second-order valence-corrected chi connectivity index (χ2v) is 7.11. The molecule has 1 aliphatic carbocycles. The highest BCUT2D eigenvalue weighted by molar-refractivity contribution is 5.78. The monoisotopic (exact) mass is 340 g/mol. The molecule has 0 unspecified atom stereocenters. The zero-order valence-electron chi connectivity index (χ0n) is 15.2. The van der Waals surface area contributed by atoms with Crippen LogP contribution in [0.3, 0.4) is 0 Å². The van der Waals surface area contributed by atoms with E-state index in [1.165, 1.54) is 17.5 Å². The third-order valence-corrected chi connectivity index (χ3v) is 4.87. The van der Waals surface area contributed by atoms with Crippen LogP contribution in [0.25, 0.3) is 0 Å². The van der Waals surface area contributed by atoms with Gasteiger partial charge in [-0.1, -0.05) is 24.3 Å². The smallest absolute Gasteiger partial charge is 0.233 e. The van der Waals surface area contributed by atoms with E-state index in [1.54, 1.807) is 0 Å². The molecule has 5 heteroatoms. The summed E-state index contributed by atoms with van der Waals surface area (Å²) in [4.78, 5) is 12.2. The van der Waals surface area contributed by atoms with Crippen molar-refractivity contribution in [3.05, 3.63) is 53.3 Å². The summed E-state index contributed by atoms with van der Waals surface area (Å²) in [5, 5.41) is 10.6. The summed E-state index contributed by atoms with van der Waals surface area (Å²) in [6.07, 6.45) is 7.38. The van der Waals surface area contributed by atoms with Crippen molar-refractivity contribution in [3.8, 4) is 0 Å². The summed E-state index contributed by atoms with van der Waals surface area (Å²) in [7, 11) is 0. The summed E-state index contributed by atoms with van der Waals surface area (Å²) in [6, 6.07) is 8.81. The number of carbonyl (C=O) groups is 1. The first-order valence-corrected chi connectivity index (χ1v) is 9.19. The van der Waals surface area contributed by atoms with Crippen molar-refractivity contribution >= 4 is 5.91 Å². The maximum absolute atomic E-state index is 12.2. The van der Waals surface area contributed by atoms with Gasteiger partial charge < -0.3 is 10.6 Å². The van der Waals surface area contributed by atoms with E-state index in [0.29, 0.717) is 12.5 Å². The lowest BCUT2D eigenvalue weighted by Crippen LogP contribution is -2.41. The summed E-state index contributed by atoms with van der Waals surface area (Å²) in [6.45, 7) is 5.93. The van der Waals surface area contributed by atoms with Crippen LogP contribution in [0, 0.1) is 6.92 Å². The Morgan fingerprint density at radius 1 is 1.40 bits per heavy atom. The first-order valence-electron chi connectivity index (χ1n) is 9.19. The molecule has 5 nitrogen and oxygen atoms in total. The molecule has 0 radical (unpaired) electrons. The highest BCUT2D eigenvalue weighted by atomic mass is 16.1. The number of nitrogens with one attached hydrogen (secondary N) is 2. The van der Waals surface area contributed by atoms with Gasteiger partial charge in [-0.2, -0.15) is 5.10 Å². The number of aryl methyl sites for hydroxylation is 2. The fourth-order valence-corrected chi connectivity index (χ4v) is 3.54. The molecule has 3 rings (SSSR count). The SMILES string of the molecule is Cc1cnn(C[C@@H](C)NCC(=O)NC[C@H]2CCCc3ccccc32)c1. The van der Waals surface area contributed by atoms with Gasteiger partial charge in [0.15, 0.2) is 0 Å². The van der Waals surface area contributed by atoms with Gasteiger partial charge in [-0.3, -0.25) is 9.48 Å². The lowest BCUT2D eigenvalue weighted by atomic mass is 9.83. The van der Waals surface area contributed by atoms with E-state index in [1.807, 2.05) is 24.0 Å². The van der Waals surface area contributed by atoms with Crippen molar-refractivity contribution in [2.75, 3.05) is 13.1 Å². The molecule has 1 amide bonds. The quantitative estimate of drug-likeness (QED) is 0.814. The molecule has 0 saturated heterocycles.